The number of carboxylic acids is 1. The molecule has 1 amide bonds. The maximum absolute atomic E-state index is 13.8. The van der Waals surface area contributed by atoms with Gasteiger partial charge in [0, 0.05) is 34.5 Å². The highest BCUT2D eigenvalue weighted by molar-refractivity contribution is 6.32. The van der Waals surface area contributed by atoms with Crippen LogP contribution in [-0.4, -0.2) is 23.6 Å². The molecule has 196 valence electrons. The normalized spacial score (nSPS) is 15.3. The molecule has 1 unspecified atom stereocenters. The van der Waals surface area contributed by atoms with E-state index in [1.54, 1.807) is 12.1 Å². The number of benzene rings is 3. The van der Waals surface area contributed by atoms with E-state index in [0.29, 0.717) is 29.5 Å². The predicted octanol–water partition coefficient (Wildman–Crippen LogP) is 4.89. The van der Waals surface area contributed by atoms with Crippen LogP contribution < -0.4 is 26.3 Å². The Hall–Kier alpha value is -4.57. The van der Waals surface area contributed by atoms with E-state index in [1.165, 1.54) is 42.5 Å². The molecule has 0 bridgehead atoms. The predicted molar refractivity (Wildman–Crippen MR) is 137 cm³/mol. The van der Waals surface area contributed by atoms with Gasteiger partial charge in [-0.2, -0.15) is 0 Å². The number of nitrogens with two attached hydrogens (primary N) is 2. The Labute approximate surface area is 221 Å². The number of rotatable bonds is 7. The summed E-state index contributed by atoms with van der Waals surface area (Å²) in [6.45, 7) is 0.262. The van der Waals surface area contributed by atoms with Crippen molar-refractivity contribution in [3.05, 3.63) is 106 Å². The molecule has 8 nitrogen and oxygen atoms in total. The van der Waals surface area contributed by atoms with Crippen LogP contribution in [0.3, 0.4) is 0 Å². The summed E-state index contributed by atoms with van der Waals surface area (Å²) in [5.74, 6) is -2.77. The molecular weight excluding hydrogens is 520 g/mol. The minimum atomic E-state index is -0.954. The number of hydrogen-bond acceptors (Lipinski definition) is 6. The van der Waals surface area contributed by atoms with Gasteiger partial charge in [0.25, 0.3) is 5.91 Å². The third-order valence-electron chi connectivity index (χ3n) is 5.69. The molecule has 1 aliphatic rings. The van der Waals surface area contributed by atoms with Gasteiger partial charge in [0.2, 0.25) is 0 Å². The minimum Gasteiger partial charge on any atom is -0.493 e. The number of aliphatic carboxylic acids is 1. The Morgan fingerprint density at radius 1 is 1.08 bits per heavy atom. The van der Waals surface area contributed by atoms with Crippen LogP contribution in [0.25, 0.3) is 5.70 Å². The van der Waals surface area contributed by atoms with Crippen LogP contribution in [0.2, 0.25) is 5.02 Å². The highest BCUT2D eigenvalue weighted by atomic mass is 35.5. The van der Waals surface area contributed by atoms with Crippen LogP contribution in [0.4, 0.5) is 8.78 Å². The molecule has 4 rings (SSSR count). The summed E-state index contributed by atoms with van der Waals surface area (Å²) < 4.78 is 38.3. The fourth-order valence-corrected chi connectivity index (χ4v) is 3.97. The largest absolute Gasteiger partial charge is 0.493 e. The number of fused-ring (bicyclic) bond motifs is 1. The molecule has 0 aliphatic carbocycles. The van der Waals surface area contributed by atoms with E-state index in [-0.39, 0.29) is 40.0 Å². The second-order valence-corrected chi connectivity index (χ2v) is 8.70. The van der Waals surface area contributed by atoms with Gasteiger partial charge in [-0.1, -0.05) is 11.6 Å². The van der Waals surface area contributed by atoms with Gasteiger partial charge in [0.1, 0.15) is 34.7 Å². The fourth-order valence-electron chi connectivity index (χ4n) is 3.76. The average Bonchev–Trinajstić information content (AvgIpc) is 2.87. The van der Waals surface area contributed by atoms with E-state index in [1.807, 2.05) is 0 Å². The second-order valence-electron chi connectivity index (χ2n) is 8.30. The molecule has 0 radical (unpaired) electrons. The molecule has 1 atom stereocenters. The first-order valence-electron chi connectivity index (χ1n) is 11.3. The summed E-state index contributed by atoms with van der Waals surface area (Å²) in [5, 5.41) is 12.1. The number of ether oxygens (including phenoxy) is 2. The third-order valence-corrected chi connectivity index (χ3v) is 5.98. The number of carboxylic acid groups (broad SMARTS) is 1. The highest BCUT2D eigenvalue weighted by Gasteiger charge is 2.29. The number of halogens is 3. The number of allylic oxidation sites excluding steroid dienone is 2. The van der Waals surface area contributed by atoms with E-state index in [2.05, 4.69) is 5.32 Å². The zero-order valence-corrected chi connectivity index (χ0v) is 20.5. The summed E-state index contributed by atoms with van der Waals surface area (Å²) in [6.07, 6.45) is 2.91. The fraction of sp³-hybridized carbons (Fsp3) is 0.111. The smallest absolute Gasteiger partial charge is 0.311 e. The molecule has 0 aromatic heterocycles. The van der Waals surface area contributed by atoms with Crippen molar-refractivity contribution in [3.8, 4) is 17.2 Å². The van der Waals surface area contributed by atoms with Crippen LogP contribution in [0.5, 0.6) is 17.2 Å². The molecule has 0 saturated carbocycles. The molecule has 3 aromatic rings. The van der Waals surface area contributed by atoms with Gasteiger partial charge in [-0.05, 0) is 61.0 Å². The minimum absolute atomic E-state index is 0.00841. The average molecular weight is 542 g/mol. The van der Waals surface area contributed by atoms with E-state index in [4.69, 9.17) is 32.5 Å². The lowest BCUT2D eigenvalue weighted by atomic mass is 9.93. The van der Waals surface area contributed by atoms with Crippen molar-refractivity contribution >= 4 is 29.2 Å². The van der Waals surface area contributed by atoms with Gasteiger partial charge in [-0.3, -0.25) is 9.59 Å². The summed E-state index contributed by atoms with van der Waals surface area (Å²) in [7, 11) is 0. The Bertz CT molecular complexity index is 1460. The van der Waals surface area contributed by atoms with Gasteiger partial charge in [0.05, 0.1) is 17.5 Å². The molecule has 3 aromatic carbocycles. The van der Waals surface area contributed by atoms with E-state index in [0.717, 1.165) is 6.07 Å². The number of hydrogen-bond donors (Lipinski definition) is 4. The molecule has 0 saturated heterocycles. The lowest BCUT2D eigenvalue weighted by Gasteiger charge is -2.24. The molecule has 6 N–H and O–H groups in total. The first-order valence-corrected chi connectivity index (χ1v) is 11.7. The molecular formula is C27H22ClF2N3O5. The van der Waals surface area contributed by atoms with Crippen molar-refractivity contribution in [2.24, 2.45) is 11.5 Å². The van der Waals surface area contributed by atoms with Gasteiger partial charge < -0.3 is 31.4 Å². The molecule has 11 heteroatoms. The van der Waals surface area contributed by atoms with Crippen molar-refractivity contribution < 1.29 is 33.0 Å². The molecule has 0 fully saturated rings. The lowest BCUT2D eigenvalue weighted by molar-refractivity contribution is -0.139. The van der Waals surface area contributed by atoms with Crippen molar-refractivity contribution in [1.29, 1.82) is 0 Å². The Morgan fingerprint density at radius 2 is 1.82 bits per heavy atom. The first-order chi connectivity index (χ1) is 18.1. The third kappa shape index (κ3) is 6.04. The van der Waals surface area contributed by atoms with E-state index in [9.17, 15) is 23.5 Å². The summed E-state index contributed by atoms with van der Waals surface area (Å²) in [6, 6.07) is 12.1. The van der Waals surface area contributed by atoms with Crippen LogP contribution >= 0.6 is 11.6 Å². The SMILES string of the molecule is N/C(=C\C=C(/N)NC(=O)c1ccc(Oc2cc3c(cc2Cl)C(C(=O)O)CCO3)cc1)c1ccc(F)cc1F. The number of nitrogens with one attached hydrogen (secondary N) is 1. The zero-order valence-electron chi connectivity index (χ0n) is 19.7. The van der Waals surface area contributed by atoms with E-state index >= 15 is 0 Å². The van der Waals surface area contributed by atoms with Gasteiger partial charge in [0.15, 0.2) is 0 Å². The highest BCUT2D eigenvalue weighted by Crippen LogP contribution is 2.41. The zero-order chi connectivity index (χ0) is 27.4. The molecule has 38 heavy (non-hydrogen) atoms. The number of carbonyl (C=O) groups excluding carboxylic acids is 1. The Kier molecular flexibility index (Phi) is 7.82. The van der Waals surface area contributed by atoms with Crippen LogP contribution in [0.1, 0.15) is 33.8 Å². The lowest BCUT2D eigenvalue weighted by Crippen LogP contribution is -2.27. The Morgan fingerprint density at radius 3 is 2.50 bits per heavy atom. The Balaban J connectivity index is 1.41. The number of amides is 1. The maximum Gasteiger partial charge on any atom is 0.311 e. The molecule has 1 heterocycles. The monoisotopic (exact) mass is 541 g/mol. The van der Waals surface area contributed by atoms with E-state index < -0.39 is 29.4 Å². The van der Waals surface area contributed by atoms with Crippen LogP contribution in [0, 0.1) is 11.6 Å². The first kappa shape index (κ1) is 26.5. The molecule has 0 spiro atoms. The summed E-state index contributed by atoms with van der Waals surface area (Å²) in [5.41, 5.74) is 12.4. The van der Waals surface area contributed by atoms with Crippen LogP contribution in [0.15, 0.2) is 72.6 Å². The van der Waals surface area contributed by atoms with Crippen molar-refractivity contribution in [3.63, 3.8) is 0 Å². The van der Waals surface area contributed by atoms with Crippen LogP contribution in [-0.2, 0) is 4.79 Å². The summed E-state index contributed by atoms with van der Waals surface area (Å²) in [4.78, 5) is 24.0. The van der Waals surface area contributed by atoms with Gasteiger partial charge in [-0.15, -0.1) is 0 Å². The van der Waals surface area contributed by atoms with Crippen molar-refractivity contribution in [2.45, 2.75) is 12.3 Å². The van der Waals surface area contributed by atoms with Gasteiger partial charge in [-0.25, -0.2) is 8.78 Å². The number of carbonyl (C=O) groups is 2. The van der Waals surface area contributed by atoms with Gasteiger partial charge >= 0.3 is 5.97 Å². The van der Waals surface area contributed by atoms with Crippen molar-refractivity contribution in [1.82, 2.24) is 5.32 Å². The quantitative estimate of drug-likeness (QED) is 0.312. The molecule has 1 aliphatic heterocycles. The second kappa shape index (κ2) is 11.2. The van der Waals surface area contributed by atoms with Crippen molar-refractivity contribution in [2.75, 3.05) is 6.61 Å². The standard InChI is InChI=1S/C27H22ClF2N3O5/c28-20-12-19-17(27(35)36)9-10-37-23(19)13-24(20)38-16-4-1-14(2-5-16)26(34)33-25(32)8-7-22(31)18-6-3-15(29)11-21(18)30/h1-8,11-13,17H,9-10,31-32H2,(H,33,34)(H,35,36)/b22-7-,25-8+. The maximum atomic E-state index is 13.8. The topological polar surface area (TPSA) is 137 Å². The summed E-state index contributed by atoms with van der Waals surface area (Å²) >= 11 is 6.32.